The molecule has 1 aliphatic carbocycles. The minimum Gasteiger partial charge on any atom is -0.508 e. The average molecular weight is 262 g/mol. The molecule has 0 aliphatic heterocycles. The number of phenolic OH excluding ortho intramolecular Hbond substituents is 1. The molecule has 2 unspecified atom stereocenters. The summed E-state index contributed by atoms with van der Waals surface area (Å²) in [5.41, 5.74) is 8.97. The van der Waals surface area contributed by atoms with E-state index in [-0.39, 0.29) is 12.1 Å². The van der Waals surface area contributed by atoms with Gasteiger partial charge in [0.2, 0.25) is 0 Å². The molecule has 1 aromatic rings. The maximum atomic E-state index is 9.77. The first-order valence-electron chi connectivity index (χ1n) is 7.48. The summed E-state index contributed by atoms with van der Waals surface area (Å²) in [4.78, 5) is 2.49. The van der Waals surface area contributed by atoms with Crippen LogP contribution in [0.3, 0.4) is 0 Å². The van der Waals surface area contributed by atoms with Crippen molar-refractivity contribution in [3.8, 4) is 5.75 Å². The van der Waals surface area contributed by atoms with Gasteiger partial charge in [0.15, 0.2) is 0 Å². The lowest BCUT2D eigenvalue weighted by Crippen LogP contribution is -2.44. The minimum atomic E-state index is 0.174. The first-order valence-corrected chi connectivity index (χ1v) is 7.48. The number of hydrogen-bond acceptors (Lipinski definition) is 3. The second kappa shape index (κ2) is 6.40. The number of aryl methyl sites for hydroxylation is 1. The van der Waals surface area contributed by atoms with Gasteiger partial charge in [0.05, 0.1) is 6.04 Å². The van der Waals surface area contributed by atoms with Crippen LogP contribution < -0.4 is 5.73 Å². The van der Waals surface area contributed by atoms with Crippen LogP contribution >= 0.6 is 0 Å². The van der Waals surface area contributed by atoms with Crippen LogP contribution in [0.25, 0.3) is 0 Å². The number of fused-ring (bicyclic) bond motifs is 1. The molecule has 0 spiro atoms. The van der Waals surface area contributed by atoms with Gasteiger partial charge in [-0.05, 0) is 62.0 Å². The zero-order valence-corrected chi connectivity index (χ0v) is 12.1. The number of phenols is 1. The van der Waals surface area contributed by atoms with E-state index in [1.54, 1.807) is 6.07 Å². The monoisotopic (exact) mass is 262 g/mol. The van der Waals surface area contributed by atoms with Gasteiger partial charge >= 0.3 is 0 Å². The molecule has 0 bridgehead atoms. The molecule has 3 heteroatoms. The third-order valence-electron chi connectivity index (χ3n) is 4.02. The van der Waals surface area contributed by atoms with Crippen LogP contribution in [0.15, 0.2) is 18.2 Å². The molecule has 2 atom stereocenters. The number of rotatable bonds is 5. The van der Waals surface area contributed by atoms with Crippen LogP contribution in [0, 0.1) is 0 Å². The lowest BCUT2D eigenvalue weighted by atomic mass is 9.83. The van der Waals surface area contributed by atoms with E-state index < -0.39 is 0 Å². The summed E-state index contributed by atoms with van der Waals surface area (Å²) in [7, 11) is 0. The quantitative estimate of drug-likeness (QED) is 0.858. The van der Waals surface area contributed by atoms with Crippen LogP contribution in [0.1, 0.15) is 50.3 Å². The van der Waals surface area contributed by atoms with E-state index in [9.17, 15) is 5.11 Å². The van der Waals surface area contributed by atoms with Crippen molar-refractivity contribution in [2.45, 2.75) is 51.6 Å². The SMILES string of the molecule is CCCN(CCC)C1c2cc(O)ccc2CCC1N. The van der Waals surface area contributed by atoms with Crippen LogP contribution in [0.4, 0.5) is 0 Å². The van der Waals surface area contributed by atoms with Gasteiger partial charge in [0.1, 0.15) is 5.75 Å². The van der Waals surface area contributed by atoms with Gasteiger partial charge in [-0.25, -0.2) is 0 Å². The van der Waals surface area contributed by atoms with Crippen molar-refractivity contribution >= 4 is 0 Å². The van der Waals surface area contributed by atoms with E-state index in [0.29, 0.717) is 5.75 Å². The normalized spacial score (nSPS) is 22.5. The second-order valence-electron chi connectivity index (χ2n) is 5.57. The standard InChI is InChI=1S/C16H26N2O/c1-3-9-18(10-4-2)16-14-11-13(19)7-5-12(14)6-8-15(16)17/h5,7,11,15-16,19H,3-4,6,8-10,17H2,1-2H3. The summed E-state index contributed by atoms with van der Waals surface area (Å²) >= 11 is 0. The van der Waals surface area contributed by atoms with Gasteiger partial charge in [-0.15, -0.1) is 0 Å². The zero-order valence-electron chi connectivity index (χ0n) is 12.1. The van der Waals surface area contributed by atoms with Crippen molar-refractivity contribution in [1.82, 2.24) is 4.90 Å². The fourth-order valence-corrected chi connectivity index (χ4v) is 3.23. The van der Waals surface area contributed by atoms with Crippen LogP contribution in [-0.4, -0.2) is 29.1 Å². The van der Waals surface area contributed by atoms with E-state index in [1.807, 2.05) is 6.07 Å². The molecule has 3 nitrogen and oxygen atoms in total. The molecule has 0 saturated heterocycles. The van der Waals surface area contributed by atoms with Crippen LogP contribution in [0.5, 0.6) is 5.75 Å². The number of nitrogens with two attached hydrogens (primary N) is 1. The third kappa shape index (κ3) is 3.10. The highest BCUT2D eigenvalue weighted by atomic mass is 16.3. The predicted molar refractivity (Wildman–Crippen MR) is 79.3 cm³/mol. The van der Waals surface area contributed by atoms with Crippen molar-refractivity contribution < 1.29 is 5.11 Å². The first kappa shape index (κ1) is 14.4. The van der Waals surface area contributed by atoms with E-state index in [1.165, 1.54) is 11.1 Å². The van der Waals surface area contributed by atoms with Crippen molar-refractivity contribution in [3.05, 3.63) is 29.3 Å². The molecule has 2 rings (SSSR count). The first-order chi connectivity index (χ1) is 9.17. The molecule has 0 amide bonds. The van der Waals surface area contributed by atoms with Crippen molar-refractivity contribution in [2.75, 3.05) is 13.1 Å². The fraction of sp³-hybridized carbons (Fsp3) is 0.625. The van der Waals surface area contributed by atoms with E-state index in [4.69, 9.17) is 5.73 Å². The maximum Gasteiger partial charge on any atom is 0.115 e. The number of benzene rings is 1. The van der Waals surface area contributed by atoms with E-state index >= 15 is 0 Å². The Morgan fingerprint density at radius 1 is 1.26 bits per heavy atom. The zero-order chi connectivity index (χ0) is 13.8. The summed E-state index contributed by atoms with van der Waals surface area (Å²) < 4.78 is 0. The molecule has 0 aromatic heterocycles. The molecule has 106 valence electrons. The smallest absolute Gasteiger partial charge is 0.115 e. The molecule has 0 radical (unpaired) electrons. The van der Waals surface area contributed by atoms with Gasteiger partial charge in [-0.2, -0.15) is 0 Å². The van der Waals surface area contributed by atoms with Gasteiger partial charge < -0.3 is 10.8 Å². The molecular formula is C16H26N2O. The lowest BCUT2D eigenvalue weighted by molar-refractivity contribution is 0.160. The maximum absolute atomic E-state index is 9.77. The minimum absolute atomic E-state index is 0.174. The Balaban J connectivity index is 2.34. The Bertz CT molecular complexity index is 413. The van der Waals surface area contributed by atoms with Crippen molar-refractivity contribution in [1.29, 1.82) is 0 Å². The summed E-state index contributed by atoms with van der Waals surface area (Å²) in [6, 6.07) is 6.19. The molecule has 0 fully saturated rings. The number of aromatic hydroxyl groups is 1. The second-order valence-corrected chi connectivity index (χ2v) is 5.57. The molecule has 1 aliphatic rings. The van der Waals surface area contributed by atoms with Gasteiger partial charge in [-0.3, -0.25) is 4.90 Å². The summed E-state index contributed by atoms with van der Waals surface area (Å²) in [5.74, 6) is 0.353. The largest absolute Gasteiger partial charge is 0.508 e. The Labute approximate surface area is 116 Å². The van der Waals surface area contributed by atoms with Gasteiger partial charge in [0.25, 0.3) is 0 Å². The number of hydrogen-bond donors (Lipinski definition) is 2. The summed E-state index contributed by atoms with van der Waals surface area (Å²) in [6.45, 7) is 6.56. The van der Waals surface area contributed by atoms with Gasteiger partial charge in [0, 0.05) is 6.04 Å². The van der Waals surface area contributed by atoms with Crippen molar-refractivity contribution in [2.24, 2.45) is 5.73 Å². The Kier molecular flexibility index (Phi) is 4.83. The molecule has 1 aromatic carbocycles. The molecule has 3 N–H and O–H groups in total. The Morgan fingerprint density at radius 2 is 1.95 bits per heavy atom. The number of nitrogens with zero attached hydrogens (tertiary/aromatic N) is 1. The van der Waals surface area contributed by atoms with E-state index in [0.717, 1.165) is 38.8 Å². The molecular weight excluding hydrogens is 236 g/mol. The fourth-order valence-electron chi connectivity index (χ4n) is 3.23. The predicted octanol–water partition coefficient (Wildman–Crippen LogP) is 2.83. The molecule has 0 heterocycles. The highest BCUT2D eigenvalue weighted by Crippen LogP contribution is 2.35. The van der Waals surface area contributed by atoms with Crippen molar-refractivity contribution in [3.63, 3.8) is 0 Å². The lowest BCUT2D eigenvalue weighted by Gasteiger charge is -2.39. The Morgan fingerprint density at radius 3 is 2.58 bits per heavy atom. The van der Waals surface area contributed by atoms with Gasteiger partial charge in [-0.1, -0.05) is 19.9 Å². The van der Waals surface area contributed by atoms with Crippen LogP contribution in [-0.2, 0) is 6.42 Å². The summed E-state index contributed by atoms with van der Waals surface area (Å²) in [5, 5.41) is 9.77. The highest BCUT2D eigenvalue weighted by molar-refractivity contribution is 5.39. The third-order valence-corrected chi connectivity index (χ3v) is 4.02. The average Bonchev–Trinajstić information content (AvgIpc) is 2.38. The van der Waals surface area contributed by atoms with Crippen LogP contribution in [0.2, 0.25) is 0 Å². The van der Waals surface area contributed by atoms with E-state index in [2.05, 4.69) is 24.8 Å². The molecule has 19 heavy (non-hydrogen) atoms. The topological polar surface area (TPSA) is 49.5 Å². The summed E-state index contributed by atoms with van der Waals surface area (Å²) in [6.07, 6.45) is 4.33. The highest BCUT2D eigenvalue weighted by Gasteiger charge is 2.31. The molecule has 0 saturated carbocycles. The Hall–Kier alpha value is -1.06.